The van der Waals surface area contributed by atoms with E-state index in [1.807, 2.05) is 0 Å². The van der Waals surface area contributed by atoms with Gasteiger partial charge in [-0.15, -0.1) is 0 Å². The second-order valence-corrected chi connectivity index (χ2v) is 3.47. The van der Waals surface area contributed by atoms with E-state index in [-0.39, 0.29) is 17.1 Å². The van der Waals surface area contributed by atoms with E-state index >= 15 is 0 Å². The highest BCUT2D eigenvalue weighted by Crippen LogP contribution is 2.32. The molecule has 16 heavy (non-hydrogen) atoms. The summed E-state index contributed by atoms with van der Waals surface area (Å²) in [5, 5.41) is 0. The molecule has 1 atom stereocenters. The van der Waals surface area contributed by atoms with Gasteiger partial charge in [-0.2, -0.15) is 18.2 Å². The molecule has 0 saturated heterocycles. The highest BCUT2D eigenvalue weighted by Gasteiger charge is 2.39. The Balaban J connectivity index is 2.40. The van der Waals surface area contributed by atoms with E-state index in [2.05, 4.69) is 9.98 Å². The number of halogens is 3. The SMILES string of the molecule is CC1=NC(=O)C2=CC(C(F)(F)F)C=CC2=N1. The van der Waals surface area contributed by atoms with E-state index < -0.39 is 18.0 Å². The first-order valence-electron chi connectivity index (χ1n) is 4.53. The number of hydrogen-bond acceptors (Lipinski definition) is 2. The number of hydrogen-bond donors (Lipinski definition) is 0. The van der Waals surface area contributed by atoms with Crippen molar-refractivity contribution in [2.24, 2.45) is 15.9 Å². The van der Waals surface area contributed by atoms with E-state index in [1.165, 1.54) is 13.0 Å². The van der Waals surface area contributed by atoms with Crippen molar-refractivity contribution < 1.29 is 18.0 Å². The van der Waals surface area contributed by atoms with E-state index in [0.29, 0.717) is 0 Å². The smallest absolute Gasteiger partial charge is 0.267 e. The van der Waals surface area contributed by atoms with Crippen molar-refractivity contribution in [1.82, 2.24) is 0 Å². The van der Waals surface area contributed by atoms with Crippen LogP contribution in [-0.2, 0) is 4.79 Å². The lowest BCUT2D eigenvalue weighted by atomic mass is 9.94. The minimum Gasteiger partial charge on any atom is -0.267 e. The van der Waals surface area contributed by atoms with Gasteiger partial charge in [-0.3, -0.25) is 4.79 Å². The highest BCUT2D eigenvalue weighted by atomic mass is 19.4. The molecule has 6 heteroatoms. The first-order chi connectivity index (χ1) is 7.38. The number of alkyl halides is 3. The summed E-state index contributed by atoms with van der Waals surface area (Å²) in [6.07, 6.45) is -1.33. The second kappa shape index (κ2) is 3.40. The molecule has 2 rings (SSSR count). The van der Waals surface area contributed by atoms with Crippen molar-refractivity contribution in [2.75, 3.05) is 0 Å². The maximum Gasteiger partial charge on any atom is 0.398 e. The normalized spacial score (nSPS) is 24.6. The van der Waals surface area contributed by atoms with Crippen LogP contribution in [0.4, 0.5) is 13.2 Å². The van der Waals surface area contributed by atoms with Crippen LogP contribution in [0.5, 0.6) is 0 Å². The molecule has 0 spiro atoms. The Morgan fingerprint density at radius 3 is 2.62 bits per heavy atom. The Kier molecular flexibility index (Phi) is 2.29. The van der Waals surface area contributed by atoms with Crippen molar-refractivity contribution in [3.63, 3.8) is 0 Å². The molecule has 2 aliphatic rings. The van der Waals surface area contributed by atoms with Gasteiger partial charge in [0.25, 0.3) is 5.91 Å². The summed E-state index contributed by atoms with van der Waals surface area (Å²) < 4.78 is 37.3. The molecule has 1 heterocycles. The highest BCUT2D eigenvalue weighted by molar-refractivity contribution is 6.32. The van der Waals surface area contributed by atoms with E-state index in [1.54, 1.807) is 0 Å². The first kappa shape index (κ1) is 10.8. The predicted molar refractivity (Wildman–Crippen MR) is 52.3 cm³/mol. The van der Waals surface area contributed by atoms with Crippen molar-refractivity contribution in [1.29, 1.82) is 0 Å². The molecule has 0 aromatic rings. The minimum atomic E-state index is -4.38. The van der Waals surface area contributed by atoms with Crippen LogP contribution in [0.3, 0.4) is 0 Å². The Bertz CT molecular complexity index is 469. The van der Waals surface area contributed by atoms with Crippen LogP contribution in [0.2, 0.25) is 0 Å². The van der Waals surface area contributed by atoms with E-state index in [0.717, 1.165) is 12.2 Å². The number of carbonyl (C=O) groups is 1. The monoisotopic (exact) mass is 228 g/mol. The van der Waals surface area contributed by atoms with Gasteiger partial charge in [0.15, 0.2) is 0 Å². The fourth-order valence-electron chi connectivity index (χ4n) is 1.49. The molecule has 0 bridgehead atoms. The maximum atomic E-state index is 12.4. The molecule has 0 N–H and O–H groups in total. The molecular formula is C10H7F3N2O. The summed E-state index contributed by atoms with van der Waals surface area (Å²) in [4.78, 5) is 18.8. The van der Waals surface area contributed by atoms with Gasteiger partial charge >= 0.3 is 6.18 Å². The van der Waals surface area contributed by atoms with Gasteiger partial charge in [0.05, 0.1) is 17.2 Å². The van der Waals surface area contributed by atoms with Crippen LogP contribution < -0.4 is 0 Å². The van der Waals surface area contributed by atoms with Gasteiger partial charge < -0.3 is 0 Å². The molecule has 84 valence electrons. The number of allylic oxidation sites excluding steroid dienone is 3. The quantitative estimate of drug-likeness (QED) is 0.625. The number of nitrogens with zero attached hydrogens (tertiary/aromatic N) is 2. The number of amidine groups is 1. The Morgan fingerprint density at radius 2 is 2.00 bits per heavy atom. The second-order valence-electron chi connectivity index (χ2n) is 3.47. The zero-order valence-electron chi connectivity index (χ0n) is 8.25. The fraction of sp³-hybridized carbons (Fsp3) is 0.300. The van der Waals surface area contributed by atoms with Crippen LogP contribution in [0.15, 0.2) is 33.8 Å². The lowest BCUT2D eigenvalue weighted by molar-refractivity contribution is -0.149. The van der Waals surface area contributed by atoms with Gasteiger partial charge in [0.2, 0.25) is 0 Å². The Labute approximate surface area is 89.1 Å². The number of fused-ring (bicyclic) bond motifs is 1. The third-order valence-corrected chi connectivity index (χ3v) is 2.24. The van der Waals surface area contributed by atoms with Gasteiger partial charge in [0, 0.05) is 0 Å². The molecular weight excluding hydrogens is 221 g/mol. The van der Waals surface area contributed by atoms with Crippen LogP contribution >= 0.6 is 0 Å². The molecule has 3 nitrogen and oxygen atoms in total. The predicted octanol–water partition coefficient (Wildman–Crippen LogP) is 2.06. The summed E-state index contributed by atoms with van der Waals surface area (Å²) in [5.41, 5.74) is 0.174. The molecule has 0 fully saturated rings. The third-order valence-electron chi connectivity index (χ3n) is 2.24. The minimum absolute atomic E-state index is 0.0737. The molecule has 0 aromatic carbocycles. The molecule has 0 radical (unpaired) electrons. The topological polar surface area (TPSA) is 41.8 Å². The van der Waals surface area contributed by atoms with Gasteiger partial charge in [-0.25, -0.2) is 4.99 Å². The van der Waals surface area contributed by atoms with Gasteiger partial charge in [-0.1, -0.05) is 12.2 Å². The van der Waals surface area contributed by atoms with Crippen LogP contribution in [0, 0.1) is 5.92 Å². The Hall–Kier alpha value is -1.72. The first-order valence-corrected chi connectivity index (χ1v) is 4.53. The number of carbonyl (C=O) groups excluding carboxylic acids is 1. The fourth-order valence-corrected chi connectivity index (χ4v) is 1.49. The average molecular weight is 228 g/mol. The summed E-state index contributed by atoms with van der Waals surface area (Å²) >= 11 is 0. The molecule has 1 amide bonds. The largest absolute Gasteiger partial charge is 0.398 e. The summed E-state index contributed by atoms with van der Waals surface area (Å²) in [7, 11) is 0. The van der Waals surface area contributed by atoms with Crippen molar-refractivity contribution >= 4 is 17.5 Å². The summed E-state index contributed by atoms with van der Waals surface area (Å²) in [6.45, 7) is 1.52. The third kappa shape index (κ3) is 1.82. The molecule has 1 aliphatic heterocycles. The molecule has 1 unspecified atom stereocenters. The number of amides is 1. The van der Waals surface area contributed by atoms with Crippen LogP contribution in [0.1, 0.15) is 6.92 Å². The van der Waals surface area contributed by atoms with E-state index in [4.69, 9.17) is 0 Å². The van der Waals surface area contributed by atoms with Crippen LogP contribution in [-0.4, -0.2) is 23.6 Å². The maximum absolute atomic E-state index is 12.4. The molecule has 0 saturated carbocycles. The summed E-state index contributed by atoms with van der Waals surface area (Å²) in [5.74, 6) is -2.15. The van der Waals surface area contributed by atoms with Crippen molar-refractivity contribution in [3.8, 4) is 0 Å². The lowest BCUT2D eigenvalue weighted by Gasteiger charge is -2.20. The average Bonchev–Trinajstić information content (AvgIpc) is 2.15. The molecule has 1 aliphatic carbocycles. The van der Waals surface area contributed by atoms with Crippen molar-refractivity contribution in [2.45, 2.75) is 13.1 Å². The summed E-state index contributed by atoms with van der Waals surface area (Å²) in [6, 6.07) is 0. The van der Waals surface area contributed by atoms with E-state index in [9.17, 15) is 18.0 Å². The Morgan fingerprint density at radius 1 is 1.31 bits per heavy atom. The van der Waals surface area contributed by atoms with Crippen LogP contribution in [0.25, 0.3) is 0 Å². The zero-order valence-corrected chi connectivity index (χ0v) is 8.25. The number of rotatable bonds is 0. The standard InChI is InChI=1S/C10H7F3N2O/c1-5-14-8-3-2-6(10(11,12)13)4-7(8)9(16)15-5/h2-4,6H,1H3. The lowest BCUT2D eigenvalue weighted by Crippen LogP contribution is -2.27. The number of aliphatic imine (C=N–C) groups is 2. The molecule has 0 aromatic heterocycles. The van der Waals surface area contributed by atoms with Gasteiger partial charge in [0.1, 0.15) is 5.84 Å². The van der Waals surface area contributed by atoms with Gasteiger partial charge in [-0.05, 0) is 13.0 Å². The van der Waals surface area contributed by atoms with Crippen molar-refractivity contribution in [3.05, 3.63) is 23.8 Å². The zero-order chi connectivity index (χ0) is 11.9.